The highest BCUT2D eigenvalue weighted by atomic mass is 16.1. The van der Waals surface area contributed by atoms with Crippen LogP contribution < -0.4 is 4.57 Å². The van der Waals surface area contributed by atoms with Crippen LogP contribution in [0.5, 0.6) is 0 Å². The summed E-state index contributed by atoms with van der Waals surface area (Å²) in [6, 6.07) is 8.24. The molecule has 104 valence electrons. The van der Waals surface area contributed by atoms with E-state index in [1.807, 2.05) is 30.0 Å². The van der Waals surface area contributed by atoms with Crippen molar-refractivity contribution in [2.24, 2.45) is 0 Å². The zero-order valence-corrected chi connectivity index (χ0v) is 12.7. The molecule has 0 fully saturated rings. The number of carbonyl (C=O) groups is 1. The van der Waals surface area contributed by atoms with Gasteiger partial charge in [-0.25, -0.2) is 0 Å². The zero-order chi connectivity index (χ0) is 14.7. The molecule has 0 saturated carbocycles. The summed E-state index contributed by atoms with van der Waals surface area (Å²) < 4.78 is 1.94. The lowest BCUT2D eigenvalue weighted by molar-refractivity contribution is -0.683. The second-order valence-corrected chi connectivity index (χ2v) is 5.41. The van der Waals surface area contributed by atoms with Gasteiger partial charge in [0.25, 0.3) is 0 Å². The van der Waals surface area contributed by atoms with Crippen LogP contribution in [0.15, 0.2) is 36.7 Å². The number of nitrogens with zero attached hydrogens (tertiary/aromatic N) is 1. The van der Waals surface area contributed by atoms with Crippen LogP contribution in [0, 0.1) is 20.8 Å². The van der Waals surface area contributed by atoms with Gasteiger partial charge in [-0.05, 0) is 55.5 Å². The Morgan fingerprint density at radius 3 is 2.20 bits per heavy atom. The predicted molar refractivity (Wildman–Crippen MR) is 81.0 cm³/mol. The van der Waals surface area contributed by atoms with Crippen molar-refractivity contribution in [2.45, 2.75) is 40.7 Å². The zero-order valence-electron chi connectivity index (χ0n) is 12.7. The minimum Gasteiger partial charge on any atom is -0.287 e. The smallest absolute Gasteiger partial charge is 0.227 e. The summed E-state index contributed by atoms with van der Waals surface area (Å²) in [6.45, 7) is 8.66. The summed E-state index contributed by atoms with van der Waals surface area (Å²) in [5.41, 5.74) is 5.59. The van der Waals surface area contributed by atoms with E-state index in [0.29, 0.717) is 6.54 Å². The van der Waals surface area contributed by atoms with Crippen LogP contribution in [0.2, 0.25) is 0 Å². The summed E-state index contributed by atoms with van der Waals surface area (Å²) in [5.74, 6) is 0.167. The minimum atomic E-state index is 0.167. The molecule has 0 unspecified atom stereocenters. The van der Waals surface area contributed by atoms with E-state index < -0.39 is 0 Å². The largest absolute Gasteiger partial charge is 0.287 e. The topological polar surface area (TPSA) is 20.9 Å². The normalized spacial score (nSPS) is 10.6. The van der Waals surface area contributed by atoms with Crippen molar-refractivity contribution < 1.29 is 9.36 Å². The van der Waals surface area contributed by atoms with Gasteiger partial charge in [0.1, 0.15) is 0 Å². The van der Waals surface area contributed by atoms with Gasteiger partial charge in [-0.2, -0.15) is 4.57 Å². The number of pyridine rings is 1. The molecule has 2 rings (SSSR count). The first-order valence-corrected chi connectivity index (χ1v) is 7.10. The van der Waals surface area contributed by atoms with Crippen LogP contribution in [0.25, 0.3) is 0 Å². The molecule has 0 radical (unpaired) electrons. The summed E-state index contributed by atoms with van der Waals surface area (Å²) in [6.07, 6.45) is 4.98. The molecular formula is C18H22NO+. The van der Waals surface area contributed by atoms with Crippen molar-refractivity contribution in [1.29, 1.82) is 0 Å². The first-order chi connectivity index (χ1) is 9.51. The summed E-state index contributed by atoms with van der Waals surface area (Å²) in [7, 11) is 0. The molecule has 1 aromatic carbocycles. The number of aryl methyl sites for hydroxylation is 4. The lowest BCUT2D eigenvalue weighted by Gasteiger charge is -2.07. The quantitative estimate of drug-likeness (QED) is 0.615. The maximum Gasteiger partial charge on any atom is 0.227 e. The van der Waals surface area contributed by atoms with Crippen LogP contribution >= 0.6 is 0 Å². The van der Waals surface area contributed by atoms with Crippen LogP contribution in [-0.4, -0.2) is 5.78 Å². The molecule has 20 heavy (non-hydrogen) atoms. The van der Waals surface area contributed by atoms with E-state index in [9.17, 15) is 4.79 Å². The molecule has 2 nitrogen and oxygen atoms in total. The molecule has 0 aliphatic carbocycles. The maximum absolute atomic E-state index is 12.4. The first-order valence-electron chi connectivity index (χ1n) is 7.10. The average Bonchev–Trinajstić information content (AvgIpc) is 2.43. The molecule has 0 N–H and O–H groups in total. The molecule has 0 aliphatic heterocycles. The lowest BCUT2D eigenvalue weighted by atomic mass is 9.98. The molecule has 0 amide bonds. The second-order valence-electron chi connectivity index (χ2n) is 5.41. The lowest BCUT2D eigenvalue weighted by Crippen LogP contribution is -2.37. The molecular weight excluding hydrogens is 246 g/mol. The van der Waals surface area contributed by atoms with Gasteiger partial charge in [0.2, 0.25) is 12.3 Å². The van der Waals surface area contributed by atoms with Gasteiger partial charge in [-0.15, -0.1) is 0 Å². The van der Waals surface area contributed by atoms with E-state index in [2.05, 4.69) is 39.0 Å². The van der Waals surface area contributed by atoms with Crippen molar-refractivity contribution in [3.63, 3.8) is 0 Å². The van der Waals surface area contributed by atoms with Crippen LogP contribution in [0.3, 0.4) is 0 Å². The monoisotopic (exact) mass is 268 g/mol. The van der Waals surface area contributed by atoms with Gasteiger partial charge in [0.15, 0.2) is 12.4 Å². The standard InChI is InChI=1S/C18H22NO/c1-5-16-6-8-19(9-7-16)12-18(20)17-11-14(3)13(2)10-15(17)4/h6-11H,5,12H2,1-4H3/q+1. The Hall–Kier alpha value is -1.96. The molecule has 0 spiro atoms. The first kappa shape index (κ1) is 14.4. The number of aromatic nitrogens is 1. The number of benzene rings is 1. The van der Waals surface area contributed by atoms with Gasteiger partial charge >= 0.3 is 0 Å². The number of Topliss-reactive ketones (excluding diaryl/α,β-unsaturated/α-hetero) is 1. The Balaban J connectivity index is 2.21. The summed E-state index contributed by atoms with van der Waals surface area (Å²) in [5, 5.41) is 0. The van der Waals surface area contributed by atoms with Crippen LogP contribution in [0.1, 0.15) is 39.5 Å². The SMILES string of the molecule is CCc1cc[n+](CC(=O)c2cc(C)c(C)cc2C)cc1. The molecule has 2 aromatic rings. The maximum atomic E-state index is 12.4. The Morgan fingerprint density at radius 1 is 1.00 bits per heavy atom. The third-order valence-electron chi connectivity index (χ3n) is 3.84. The highest BCUT2D eigenvalue weighted by Gasteiger charge is 2.15. The molecule has 2 heteroatoms. The van der Waals surface area contributed by atoms with E-state index >= 15 is 0 Å². The van der Waals surface area contributed by atoms with Crippen molar-refractivity contribution in [2.75, 3.05) is 0 Å². The van der Waals surface area contributed by atoms with Gasteiger partial charge < -0.3 is 0 Å². The molecule has 0 bridgehead atoms. The highest BCUT2D eigenvalue weighted by Crippen LogP contribution is 2.15. The Kier molecular flexibility index (Phi) is 4.33. The van der Waals surface area contributed by atoms with Crippen LogP contribution in [-0.2, 0) is 13.0 Å². The molecule has 1 heterocycles. The summed E-state index contributed by atoms with van der Waals surface area (Å²) in [4.78, 5) is 12.4. The predicted octanol–water partition coefficient (Wildman–Crippen LogP) is 3.34. The molecule has 1 aromatic heterocycles. The Morgan fingerprint density at radius 2 is 1.60 bits per heavy atom. The van der Waals surface area contributed by atoms with Gasteiger partial charge in [-0.1, -0.05) is 13.0 Å². The summed E-state index contributed by atoms with van der Waals surface area (Å²) >= 11 is 0. The van der Waals surface area contributed by atoms with E-state index in [0.717, 1.165) is 17.5 Å². The van der Waals surface area contributed by atoms with Crippen molar-refractivity contribution >= 4 is 5.78 Å². The fourth-order valence-electron chi connectivity index (χ4n) is 2.34. The van der Waals surface area contributed by atoms with Crippen LogP contribution in [0.4, 0.5) is 0 Å². The fraction of sp³-hybridized carbons (Fsp3) is 0.333. The van der Waals surface area contributed by atoms with Gasteiger partial charge in [0.05, 0.1) is 0 Å². The number of carbonyl (C=O) groups excluding carboxylic acids is 1. The molecule has 0 saturated heterocycles. The van der Waals surface area contributed by atoms with Gasteiger partial charge in [0, 0.05) is 17.7 Å². The van der Waals surface area contributed by atoms with Crippen molar-refractivity contribution in [1.82, 2.24) is 0 Å². The number of ketones is 1. The average molecular weight is 268 g/mol. The number of hydrogen-bond donors (Lipinski definition) is 0. The van der Waals surface area contributed by atoms with E-state index in [-0.39, 0.29) is 5.78 Å². The third-order valence-corrected chi connectivity index (χ3v) is 3.84. The second kappa shape index (κ2) is 6.00. The molecule has 0 aliphatic rings. The van der Waals surface area contributed by atoms with E-state index in [4.69, 9.17) is 0 Å². The number of hydrogen-bond acceptors (Lipinski definition) is 1. The van der Waals surface area contributed by atoms with E-state index in [1.54, 1.807) is 0 Å². The van der Waals surface area contributed by atoms with Crippen molar-refractivity contribution in [3.05, 3.63) is 64.5 Å². The Labute approximate surface area is 121 Å². The van der Waals surface area contributed by atoms with E-state index in [1.165, 1.54) is 16.7 Å². The Bertz CT molecular complexity index is 627. The highest BCUT2D eigenvalue weighted by molar-refractivity contribution is 5.96. The molecule has 0 atom stereocenters. The van der Waals surface area contributed by atoms with Gasteiger partial charge in [-0.3, -0.25) is 4.79 Å². The van der Waals surface area contributed by atoms with Crippen molar-refractivity contribution in [3.8, 4) is 0 Å². The fourth-order valence-corrected chi connectivity index (χ4v) is 2.34. The third kappa shape index (κ3) is 3.13. The minimum absolute atomic E-state index is 0.167. The number of rotatable bonds is 4.